The summed E-state index contributed by atoms with van der Waals surface area (Å²) in [6.45, 7) is 4.45. The number of benzene rings is 1. The Kier molecular flexibility index (Phi) is 6.91. The molecule has 1 aromatic rings. The van der Waals surface area contributed by atoms with E-state index in [2.05, 4.69) is 29.8 Å². The smallest absolute Gasteiger partial charge is 0.0450 e. The van der Waals surface area contributed by atoms with Gasteiger partial charge in [-0.2, -0.15) is 0 Å². The van der Waals surface area contributed by atoms with Gasteiger partial charge in [-0.3, -0.25) is 0 Å². The van der Waals surface area contributed by atoms with Crippen molar-refractivity contribution in [2.45, 2.75) is 44.4 Å². The highest BCUT2D eigenvalue weighted by molar-refractivity contribution is 9.09. The Balaban J connectivity index is 2.91. The monoisotopic (exact) mass is 336 g/mol. The standard InChI is InChI=1S/C14H19BrCl2/c1-3-5-10(6-4-2)14(15)12-9-11(16)7-8-13(12)17/h7-10,14H,3-6H2,1-2H3. The summed E-state index contributed by atoms with van der Waals surface area (Å²) >= 11 is 16.1. The molecule has 0 saturated heterocycles. The van der Waals surface area contributed by atoms with Gasteiger partial charge in [0.2, 0.25) is 0 Å². The lowest BCUT2D eigenvalue weighted by Gasteiger charge is -2.23. The molecule has 3 heteroatoms. The third-order valence-electron chi connectivity index (χ3n) is 2.99. The van der Waals surface area contributed by atoms with Crippen LogP contribution >= 0.6 is 39.1 Å². The minimum absolute atomic E-state index is 0.300. The zero-order valence-corrected chi connectivity index (χ0v) is 13.4. The average Bonchev–Trinajstić information content (AvgIpc) is 2.31. The van der Waals surface area contributed by atoms with Crippen molar-refractivity contribution in [2.75, 3.05) is 0 Å². The zero-order chi connectivity index (χ0) is 12.8. The van der Waals surface area contributed by atoms with E-state index in [9.17, 15) is 0 Å². The van der Waals surface area contributed by atoms with Gasteiger partial charge < -0.3 is 0 Å². The van der Waals surface area contributed by atoms with E-state index in [1.54, 1.807) is 0 Å². The molecular weight excluding hydrogens is 319 g/mol. The van der Waals surface area contributed by atoms with Gasteiger partial charge in [-0.25, -0.2) is 0 Å². The van der Waals surface area contributed by atoms with E-state index >= 15 is 0 Å². The van der Waals surface area contributed by atoms with E-state index in [1.807, 2.05) is 18.2 Å². The van der Waals surface area contributed by atoms with Gasteiger partial charge >= 0.3 is 0 Å². The van der Waals surface area contributed by atoms with Crippen LogP contribution in [0.1, 0.15) is 49.9 Å². The van der Waals surface area contributed by atoms with Crippen LogP contribution in [0, 0.1) is 5.92 Å². The molecule has 96 valence electrons. The highest BCUT2D eigenvalue weighted by Gasteiger charge is 2.21. The van der Waals surface area contributed by atoms with Gasteiger partial charge in [-0.1, -0.05) is 65.8 Å². The van der Waals surface area contributed by atoms with Gasteiger partial charge in [0.05, 0.1) is 0 Å². The lowest BCUT2D eigenvalue weighted by molar-refractivity contribution is 0.435. The Morgan fingerprint density at radius 1 is 1.12 bits per heavy atom. The Labute approximate surface area is 123 Å². The maximum Gasteiger partial charge on any atom is 0.0450 e. The molecule has 0 aliphatic rings. The van der Waals surface area contributed by atoms with E-state index in [0.717, 1.165) is 15.6 Å². The van der Waals surface area contributed by atoms with E-state index < -0.39 is 0 Å². The van der Waals surface area contributed by atoms with Gasteiger partial charge in [0.1, 0.15) is 0 Å². The van der Waals surface area contributed by atoms with Gasteiger partial charge in [-0.05, 0) is 42.5 Å². The second-order valence-corrected chi connectivity index (χ2v) is 6.24. The molecular formula is C14H19BrCl2. The zero-order valence-electron chi connectivity index (χ0n) is 10.3. The van der Waals surface area contributed by atoms with Crippen molar-refractivity contribution in [3.63, 3.8) is 0 Å². The molecule has 1 rings (SSSR count). The summed E-state index contributed by atoms with van der Waals surface area (Å²) < 4.78 is 0. The molecule has 0 fully saturated rings. The Morgan fingerprint density at radius 3 is 2.24 bits per heavy atom. The molecule has 1 atom stereocenters. The fourth-order valence-corrected chi connectivity index (χ4v) is 3.61. The number of halogens is 3. The summed E-state index contributed by atoms with van der Waals surface area (Å²) in [5.74, 6) is 0.626. The van der Waals surface area contributed by atoms with Crippen LogP contribution in [-0.4, -0.2) is 0 Å². The van der Waals surface area contributed by atoms with Gasteiger partial charge in [0, 0.05) is 14.9 Å². The molecule has 0 nitrogen and oxygen atoms in total. The molecule has 0 aliphatic heterocycles. The Morgan fingerprint density at radius 2 is 1.71 bits per heavy atom. The highest BCUT2D eigenvalue weighted by Crippen LogP contribution is 2.40. The highest BCUT2D eigenvalue weighted by atomic mass is 79.9. The van der Waals surface area contributed by atoms with Crippen molar-refractivity contribution in [1.29, 1.82) is 0 Å². The topological polar surface area (TPSA) is 0 Å². The maximum absolute atomic E-state index is 6.25. The first-order valence-corrected chi connectivity index (χ1v) is 7.86. The maximum atomic E-state index is 6.25. The number of rotatable bonds is 6. The minimum Gasteiger partial charge on any atom is -0.0843 e. The van der Waals surface area contributed by atoms with E-state index in [0.29, 0.717) is 10.7 Å². The molecule has 0 aromatic heterocycles. The molecule has 1 aromatic carbocycles. The summed E-state index contributed by atoms with van der Waals surface area (Å²) in [7, 11) is 0. The fraction of sp³-hybridized carbons (Fsp3) is 0.571. The van der Waals surface area contributed by atoms with Crippen molar-refractivity contribution < 1.29 is 0 Å². The van der Waals surface area contributed by atoms with Gasteiger partial charge in [0.25, 0.3) is 0 Å². The molecule has 0 N–H and O–H groups in total. The molecule has 0 radical (unpaired) electrons. The summed E-state index contributed by atoms with van der Waals surface area (Å²) in [5.41, 5.74) is 1.12. The molecule has 1 unspecified atom stereocenters. The normalized spacial score (nSPS) is 13.1. The van der Waals surface area contributed by atoms with Gasteiger partial charge in [0.15, 0.2) is 0 Å². The van der Waals surface area contributed by atoms with E-state index in [-0.39, 0.29) is 0 Å². The Bertz CT molecular complexity index is 346. The number of hydrogen-bond donors (Lipinski definition) is 0. The summed E-state index contributed by atoms with van der Waals surface area (Å²) in [6, 6.07) is 5.69. The first-order valence-electron chi connectivity index (χ1n) is 6.19. The first kappa shape index (κ1) is 15.3. The summed E-state index contributed by atoms with van der Waals surface area (Å²) in [4.78, 5) is 0.300. The van der Waals surface area contributed by atoms with Gasteiger partial charge in [-0.15, -0.1) is 0 Å². The van der Waals surface area contributed by atoms with Crippen LogP contribution < -0.4 is 0 Å². The van der Waals surface area contributed by atoms with Crippen molar-refractivity contribution in [2.24, 2.45) is 5.92 Å². The second kappa shape index (κ2) is 7.66. The molecule has 17 heavy (non-hydrogen) atoms. The van der Waals surface area contributed by atoms with Crippen LogP contribution in [0.15, 0.2) is 18.2 Å². The lowest BCUT2D eigenvalue weighted by atomic mass is 9.91. The average molecular weight is 338 g/mol. The van der Waals surface area contributed by atoms with Crippen LogP contribution in [0.4, 0.5) is 0 Å². The van der Waals surface area contributed by atoms with Crippen molar-refractivity contribution in [3.05, 3.63) is 33.8 Å². The number of alkyl halides is 1. The molecule has 0 aliphatic carbocycles. The molecule has 0 heterocycles. The fourth-order valence-electron chi connectivity index (χ4n) is 2.16. The lowest BCUT2D eigenvalue weighted by Crippen LogP contribution is -2.08. The summed E-state index contributed by atoms with van der Waals surface area (Å²) in [6.07, 6.45) is 4.83. The third kappa shape index (κ3) is 4.46. The predicted octanol–water partition coefficient (Wildman–Crippen LogP) is 6.65. The van der Waals surface area contributed by atoms with Crippen LogP contribution in [0.25, 0.3) is 0 Å². The molecule has 0 amide bonds. The van der Waals surface area contributed by atoms with Crippen LogP contribution in [-0.2, 0) is 0 Å². The predicted molar refractivity (Wildman–Crippen MR) is 81.4 cm³/mol. The number of hydrogen-bond acceptors (Lipinski definition) is 0. The first-order chi connectivity index (χ1) is 8.10. The van der Waals surface area contributed by atoms with Crippen LogP contribution in [0.2, 0.25) is 10.0 Å². The van der Waals surface area contributed by atoms with E-state index in [1.165, 1.54) is 25.7 Å². The quantitative estimate of drug-likeness (QED) is 0.510. The molecule has 0 spiro atoms. The third-order valence-corrected chi connectivity index (χ3v) is 4.81. The van der Waals surface area contributed by atoms with Crippen LogP contribution in [0.5, 0.6) is 0 Å². The molecule has 0 saturated carbocycles. The SMILES string of the molecule is CCCC(CCC)C(Br)c1cc(Cl)ccc1Cl. The second-order valence-electron chi connectivity index (χ2n) is 4.41. The molecule has 0 bridgehead atoms. The van der Waals surface area contributed by atoms with Crippen LogP contribution in [0.3, 0.4) is 0 Å². The van der Waals surface area contributed by atoms with E-state index in [4.69, 9.17) is 23.2 Å². The largest absolute Gasteiger partial charge is 0.0843 e. The van der Waals surface area contributed by atoms with Crippen molar-refractivity contribution >= 4 is 39.1 Å². The Hall–Kier alpha value is 0.280. The van der Waals surface area contributed by atoms with Crippen molar-refractivity contribution in [3.8, 4) is 0 Å². The minimum atomic E-state index is 0.300. The van der Waals surface area contributed by atoms with Crippen molar-refractivity contribution in [1.82, 2.24) is 0 Å². The summed E-state index contributed by atoms with van der Waals surface area (Å²) in [5, 5.41) is 1.55.